The van der Waals surface area contributed by atoms with E-state index >= 15 is 0 Å². The van der Waals surface area contributed by atoms with Crippen LogP contribution in [0.3, 0.4) is 0 Å². The van der Waals surface area contributed by atoms with Crippen molar-refractivity contribution in [1.82, 2.24) is 5.32 Å². The highest BCUT2D eigenvalue weighted by Gasteiger charge is 2.16. The van der Waals surface area contributed by atoms with Crippen LogP contribution in [0.5, 0.6) is 0 Å². The second-order valence-corrected chi connectivity index (χ2v) is 6.09. The van der Waals surface area contributed by atoms with E-state index in [1.807, 2.05) is 25.2 Å². The zero-order chi connectivity index (χ0) is 14.7. The molecule has 1 N–H and O–H groups in total. The fourth-order valence-electron chi connectivity index (χ4n) is 2.05. The Morgan fingerprint density at radius 1 is 1.20 bits per heavy atom. The van der Waals surface area contributed by atoms with Crippen molar-refractivity contribution in [1.29, 1.82) is 0 Å². The van der Waals surface area contributed by atoms with Crippen LogP contribution in [0.15, 0.2) is 40.9 Å². The van der Waals surface area contributed by atoms with Gasteiger partial charge in [-0.3, -0.25) is 0 Å². The van der Waals surface area contributed by atoms with Crippen molar-refractivity contribution in [3.63, 3.8) is 0 Å². The minimum atomic E-state index is -0.286. The molecular weight excluding hydrogens is 364 g/mol. The number of rotatable bonds is 4. The molecule has 2 aromatic rings. The van der Waals surface area contributed by atoms with Crippen molar-refractivity contribution >= 4 is 39.1 Å². The fourth-order valence-corrected chi connectivity index (χ4v) is 2.80. The highest BCUT2D eigenvalue weighted by Crippen LogP contribution is 2.29. The molecule has 1 unspecified atom stereocenters. The molecule has 0 spiro atoms. The summed E-state index contributed by atoms with van der Waals surface area (Å²) in [5.74, 6) is -0.286. The molecule has 0 aliphatic heterocycles. The lowest BCUT2D eigenvalue weighted by Crippen LogP contribution is -2.19. The summed E-state index contributed by atoms with van der Waals surface area (Å²) in [6.45, 7) is 0. The van der Waals surface area contributed by atoms with Crippen molar-refractivity contribution < 1.29 is 4.39 Å². The van der Waals surface area contributed by atoms with Gasteiger partial charge in [0.05, 0.1) is 5.02 Å². The first-order chi connectivity index (χ1) is 9.52. The number of halogens is 4. The maximum absolute atomic E-state index is 13.9. The van der Waals surface area contributed by atoms with Gasteiger partial charge in [0, 0.05) is 21.1 Å². The molecule has 0 aliphatic carbocycles. The maximum atomic E-state index is 13.9. The molecule has 0 saturated carbocycles. The molecule has 20 heavy (non-hydrogen) atoms. The Balaban J connectivity index is 2.31. The van der Waals surface area contributed by atoms with E-state index in [9.17, 15) is 4.39 Å². The van der Waals surface area contributed by atoms with Gasteiger partial charge in [-0.05, 0) is 59.2 Å². The quantitative estimate of drug-likeness (QED) is 0.753. The van der Waals surface area contributed by atoms with Gasteiger partial charge < -0.3 is 5.32 Å². The van der Waals surface area contributed by atoms with E-state index in [2.05, 4.69) is 21.2 Å². The van der Waals surface area contributed by atoms with E-state index in [1.54, 1.807) is 12.1 Å². The Morgan fingerprint density at radius 3 is 2.55 bits per heavy atom. The lowest BCUT2D eigenvalue weighted by molar-refractivity contribution is 0.554. The van der Waals surface area contributed by atoms with E-state index in [4.69, 9.17) is 23.2 Å². The van der Waals surface area contributed by atoms with Gasteiger partial charge >= 0.3 is 0 Å². The van der Waals surface area contributed by atoms with Crippen LogP contribution in [0.1, 0.15) is 17.2 Å². The topological polar surface area (TPSA) is 12.0 Å². The van der Waals surface area contributed by atoms with Crippen LogP contribution >= 0.6 is 39.1 Å². The highest BCUT2D eigenvalue weighted by molar-refractivity contribution is 9.10. The number of hydrogen-bond donors (Lipinski definition) is 1. The second kappa shape index (κ2) is 6.90. The summed E-state index contributed by atoms with van der Waals surface area (Å²) in [6, 6.07) is 10.3. The summed E-state index contributed by atoms with van der Waals surface area (Å²) in [6.07, 6.45) is 0.468. The van der Waals surface area contributed by atoms with Gasteiger partial charge in [-0.15, -0.1) is 0 Å². The first-order valence-electron chi connectivity index (χ1n) is 6.08. The summed E-state index contributed by atoms with van der Waals surface area (Å²) in [4.78, 5) is 0. The van der Waals surface area contributed by atoms with Gasteiger partial charge in [0.1, 0.15) is 5.82 Å². The van der Waals surface area contributed by atoms with E-state index in [1.165, 1.54) is 6.07 Å². The molecule has 0 bridgehead atoms. The Morgan fingerprint density at radius 2 is 1.95 bits per heavy atom. The maximum Gasteiger partial charge on any atom is 0.127 e. The van der Waals surface area contributed by atoms with Crippen LogP contribution in [-0.2, 0) is 6.42 Å². The largest absolute Gasteiger partial charge is 0.313 e. The number of nitrogens with one attached hydrogen (secondary N) is 1. The molecule has 0 fully saturated rings. The van der Waals surface area contributed by atoms with E-state index in [0.29, 0.717) is 22.0 Å². The van der Waals surface area contributed by atoms with E-state index in [-0.39, 0.29) is 11.9 Å². The Bertz CT molecular complexity index is 599. The minimum absolute atomic E-state index is 0.0435. The lowest BCUT2D eigenvalue weighted by atomic mass is 9.98. The highest BCUT2D eigenvalue weighted by atomic mass is 79.9. The molecule has 2 aromatic carbocycles. The number of hydrogen-bond acceptors (Lipinski definition) is 1. The predicted molar refractivity (Wildman–Crippen MR) is 86.1 cm³/mol. The summed E-state index contributed by atoms with van der Waals surface area (Å²) >= 11 is 15.5. The molecule has 106 valence electrons. The first-order valence-corrected chi connectivity index (χ1v) is 7.63. The molecule has 2 rings (SSSR count). The third-order valence-electron chi connectivity index (χ3n) is 3.16. The fraction of sp³-hybridized carbons (Fsp3) is 0.200. The molecule has 0 saturated heterocycles. The third-order valence-corrected chi connectivity index (χ3v) is 4.73. The standard InChI is InChI=1S/C15H13BrCl2FN/c1-20-15(9-5-6-13(18)11(16)7-9)8-10-12(17)3-2-4-14(10)19/h2-7,15,20H,8H2,1H3. The van der Waals surface area contributed by atoms with Gasteiger partial charge in [-0.1, -0.05) is 35.3 Å². The van der Waals surface area contributed by atoms with Gasteiger partial charge in [0.15, 0.2) is 0 Å². The molecule has 1 nitrogen and oxygen atoms in total. The predicted octanol–water partition coefficient (Wildman–Crippen LogP) is 5.40. The van der Waals surface area contributed by atoms with Crippen molar-refractivity contribution in [3.8, 4) is 0 Å². The van der Waals surface area contributed by atoms with Crippen molar-refractivity contribution in [2.24, 2.45) is 0 Å². The third kappa shape index (κ3) is 3.53. The molecule has 1 atom stereocenters. The van der Waals surface area contributed by atoms with Crippen molar-refractivity contribution in [2.45, 2.75) is 12.5 Å². The van der Waals surface area contributed by atoms with E-state index < -0.39 is 0 Å². The zero-order valence-corrected chi connectivity index (χ0v) is 13.9. The van der Waals surface area contributed by atoms with Crippen LogP contribution in [0.4, 0.5) is 4.39 Å². The average molecular weight is 377 g/mol. The summed E-state index contributed by atoms with van der Waals surface area (Å²) < 4.78 is 14.7. The number of benzene rings is 2. The van der Waals surface area contributed by atoms with Crippen LogP contribution in [0.2, 0.25) is 10.0 Å². The molecule has 0 amide bonds. The second-order valence-electron chi connectivity index (χ2n) is 4.42. The summed E-state index contributed by atoms with van der Waals surface area (Å²) in [7, 11) is 1.84. The van der Waals surface area contributed by atoms with Crippen LogP contribution in [0, 0.1) is 5.82 Å². The smallest absolute Gasteiger partial charge is 0.127 e. The Hall–Kier alpha value is -0.610. The van der Waals surface area contributed by atoms with Gasteiger partial charge in [0.2, 0.25) is 0 Å². The molecule has 0 aliphatic rings. The van der Waals surface area contributed by atoms with Gasteiger partial charge in [-0.25, -0.2) is 4.39 Å². The first kappa shape index (κ1) is 15.8. The number of likely N-dealkylation sites (N-methyl/N-ethyl adjacent to an activating group) is 1. The van der Waals surface area contributed by atoms with Gasteiger partial charge in [0.25, 0.3) is 0 Å². The minimum Gasteiger partial charge on any atom is -0.313 e. The summed E-state index contributed by atoms with van der Waals surface area (Å²) in [5.41, 5.74) is 1.53. The monoisotopic (exact) mass is 375 g/mol. The zero-order valence-electron chi connectivity index (χ0n) is 10.8. The molecule has 0 aromatic heterocycles. The average Bonchev–Trinajstić information content (AvgIpc) is 2.42. The molecular formula is C15H13BrCl2FN. The Labute approximate surface area is 136 Å². The van der Waals surface area contributed by atoms with E-state index in [0.717, 1.165) is 10.0 Å². The molecule has 5 heteroatoms. The molecule has 0 radical (unpaired) electrons. The normalized spacial score (nSPS) is 12.4. The van der Waals surface area contributed by atoms with Crippen molar-refractivity contribution in [2.75, 3.05) is 7.05 Å². The van der Waals surface area contributed by atoms with Crippen LogP contribution < -0.4 is 5.32 Å². The molecule has 0 heterocycles. The Kier molecular flexibility index (Phi) is 5.44. The van der Waals surface area contributed by atoms with Crippen molar-refractivity contribution in [3.05, 3.63) is 67.9 Å². The summed E-state index contributed by atoms with van der Waals surface area (Å²) in [5, 5.41) is 4.27. The SMILES string of the molecule is CNC(Cc1c(F)cccc1Cl)c1ccc(Cl)c(Br)c1. The van der Waals surface area contributed by atoms with Crippen LogP contribution in [-0.4, -0.2) is 7.05 Å². The lowest BCUT2D eigenvalue weighted by Gasteiger charge is -2.18. The van der Waals surface area contributed by atoms with Gasteiger partial charge in [-0.2, -0.15) is 0 Å². The van der Waals surface area contributed by atoms with Crippen LogP contribution in [0.25, 0.3) is 0 Å².